The van der Waals surface area contributed by atoms with Crippen molar-refractivity contribution in [2.24, 2.45) is 0 Å². The summed E-state index contributed by atoms with van der Waals surface area (Å²) in [6, 6.07) is 23.5. The molecular formula is C23H32N2. The van der Waals surface area contributed by atoms with E-state index in [1.807, 2.05) is 0 Å². The number of nitrogens with zero attached hydrogens (tertiary/aromatic N) is 2. The maximum Gasteiger partial charge on any atom is 0.0605 e. The summed E-state index contributed by atoms with van der Waals surface area (Å²) in [5.41, 5.74) is 2.80. The largest absolute Gasteiger partial charge is 0.298 e. The summed E-state index contributed by atoms with van der Waals surface area (Å²) in [7, 11) is 0. The first kappa shape index (κ1) is 18.2. The van der Waals surface area contributed by atoms with E-state index in [1.54, 1.807) is 0 Å². The smallest absolute Gasteiger partial charge is 0.0605 e. The Morgan fingerprint density at radius 2 is 1.40 bits per heavy atom. The van der Waals surface area contributed by atoms with Crippen LogP contribution in [-0.4, -0.2) is 41.5 Å². The van der Waals surface area contributed by atoms with Crippen LogP contribution in [0.5, 0.6) is 0 Å². The predicted octanol–water partition coefficient (Wildman–Crippen LogP) is 4.97. The molecule has 1 fully saturated rings. The Bertz CT molecular complexity index is 586. The molecule has 0 spiro atoms. The zero-order valence-electron chi connectivity index (χ0n) is 15.9. The van der Waals surface area contributed by atoms with Gasteiger partial charge in [-0.15, -0.1) is 0 Å². The molecule has 2 aromatic carbocycles. The number of hydrogen-bond donors (Lipinski definition) is 0. The molecular weight excluding hydrogens is 304 g/mol. The molecule has 25 heavy (non-hydrogen) atoms. The Hall–Kier alpha value is -1.64. The molecule has 134 valence electrons. The number of hydrogen-bond acceptors (Lipinski definition) is 2. The molecule has 1 aliphatic heterocycles. The minimum atomic E-state index is 0.341. The lowest BCUT2D eigenvalue weighted by atomic mass is 9.93. The van der Waals surface area contributed by atoms with E-state index in [4.69, 9.17) is 0 Å². The summed E-state index contributed by atoms with van der Waals surface area (Å²) < 4.78 is 0. The Morgan fingerprint density at radius 1 is 0.840 bits per heavy atom. The van der Waals surface area contributed by atoms with Gasteiger partial charge in [0.2, 0.25) is 0 Å². The van der Waals surface area contributed by atoms with Gasteiger partial charge in [0.05, 0.1) is 6.04 Å². The van der Waals surface area contributed by atoms with Gasteiger partial charge < -0.3 is 0 Å². The van der Waals surface area contributed by atoms with Crippen molar-refractivity contribution in [1.82, 2.24) is 9.80 Å². The van der Waals surface area contributed by atoms with Crippen LogP contribution in [0.4, 0.5) is 0 Å². The van der Waals surface area contributed by atoms with Gasteiger partial charge in [-0.25, -0.2) is 0 Å². The molecule has 0 N–H and O–H groups in total. The molecule has 1 aliphatic rings. The predicted molar refractivity (Wildman–Crippen MR) is 107 cm³/mol. The van der Waals surface area contributed by atoms with Gasteiger partial charge in [0.25, 0.3) is 0 Å². The molecule has 2 aromatic rings. The molecule has 0 aliphatic carbocycles. The minimum absolute atomic E-state index is 0.341. The summed E-state index contributed by atoms with van der Waals surface area (Å²) in [6.45, 7) is 10.6. The van der Waals surface area contributed by atoms with Crippen molar-refractivity contribution in [3.63, 3.8) is 0 Å². The van der Waals surface area contributed by atoms with Crippen LogP contribution in [0.1, 0.15) is 50.8 Å². The van der Waals surface area contributed by atoms with Crippen molar-refractivity contribution in [2.75, 3.05) is 19.6 Å². The fraction of sp³-hybridized carbons (Fsp3) is 0.478. The highest BCUT2D eigenvalue weighted by atomic mass is 15.3. The van der Waals surface area contributed by atoms with Gasteiger partial charge in [-0.3, -0.25) is 9.80 Å². The average Bonchev–Trinajstić information content (AvgIpc) is 2.65. The van der Waals surface area contributed by atoms with Crippen molar-refractivity contribution in [3.05, 3.63) is 71.8 Å². The van der Waals surface area contributed by atoms with Crippen LogP contribution < -0.4 is 0 Å². The van der Waals surface area contributed by atoms with E-state index >= 15 is 0 Å². The Morgan fingerprint density at radius 3 is 1.92 bits per heavy atom. The quantitative estimate of drug-likeness (QED) is 0.735. The first-order valence-corrected chi connectivity index (χ1v) is 9.80. The summed E-state index contributed by atoms with van der Waals surface area (Å²) in [5, 5.41) is 0. The molecule has 0 bridgehead atoms. The highest BCUT2D eigenvalue weighted by Gasteiger charge is 2.34. The second-order valence-electron chi connectivity index (χ2n) is 7.47. The van der Waals surface area contributed by atoms with Crippen molar-refractivity contribution in [3.8, 4) is 0 Å². The number of unbranched alkanes of at least 4 members (excludes halogenated alkanes) is 1. The zero-order valence-corrected chi connectivity index (χ0v) is 15.9. The van der Waals surface area contributed by atoms with E-state index in [2.05, 4.69) is 91.2 Å². The van der Waals surface area contributed by atoms with E-state index in [1.165, 1.54) is 30.5 Å². The Balaban J connectivity index is 1.87. The second kappa shape index (κ2) is 8.64. The van der Waals surface area contributed by atoms with E-state index in [0.717, 1.165) is 13.1 Å². The fourth-order valence-corrected chi connectivity index (χ4v) is 4.10. The molecule has 0 saturated carbocycles. The monoisotopic (exact) mass is 336 g/mol. The molecule has 0 radical (unpaired) electrons. The van der Waals surface area contributed by atoms with Crippen LogP contribution in [-0.2, 0) is 0 Å². The third kappa shape index (κ3) is 4.31. The molecule has 2 nitrogen and oxygen atoms in total. The molecule has 3 rings (SSSR count). The van der Waals surface area contributed by atoms with Gasteiger partial charge >= 0.3 is 0 Å². The molecule has 1 heterocycles. The Labute approximate surface area is 153 Å². The SMILES string of the molecule is CCCCN1C[C@H](C)N(C(c2ccccc2)c2ccccc2)C[C@H]1C. The third-order valence-electron chi connectivity index (χ3n) is 5.52. The first-order chi connectivity index (χ1) is 12.2. The van der Waals surface area contributed by atoms with Crippen molar-refractivity contribution < 1.29 is 0 Å². The lowest BCUT2D eigenvalue weighted by Gasteiger charge is -2.47. The summed E-state index contributed by atoms with van der Waals surface area (Å²) >= 11 is 0. The fourth-order valence-electron chi connectivity index (χ4n) is 4.10. The van der Waals surface area contributed by atoms with Crippen molar-refractivity contribution in [2.45, 2.75) is 51.7 Å². The first-order valence-electron chi connectivity index (χ1n) is 9.80. The number of rotatable bonds is 6. The lowest BCUT2D eigenvalue weighted by molar-refractivity contribution is 0.0234. The van der Waals surface area contributed by atoms with Gasteiger partial charge in [0.15, 0.2) is 0 Å². The normalized spacial score (nSPS) is 22.4. The van der Waals surface area contributed by atoms with E-state index < -0.39 is 0 Å². The molecule has 0 unspecified atom stereocenters. The third-order valence-corrected chi connectivity index (χ3v) is 5.52. The van der Waals surface area contributed by atoms with E-state index in [-0.39, 0.29) is 0 Å². The van der Waals surface area contributed by atoms with Gasteiger partial charge in [-0.1, -0.05) is 74.0 Å². The van der Waals surface area contributed by atoms with E-state index in [9.17, 15) is 0 Å². The number of piperazine rings is 1. The standard InChI is InChI=1S/C23H32N2/c1-4-5-16-24-17-20(3)25(18-19(24)2)23(21-12-8-6-9-13-21)22-14-10-7-11-15-22/h6-15,19-20,23H,4-5,16-18H2,1-3H3/t19-,20+/m1/s1. The molecule has 0 aromatic heterocycles. The second-order valence-corrected chi connectivity index (χ2v) is 7.47. The Kier molecular flexibility index (Phi) is 6.28. The highest BCUT2D eigenvalue weighted by Crippen LogP contribution is 2.33. The molecule has 2 atom stereocenters. The van der Waals surface area contributed by atoms with Gasteiger partial charge in [0, 0.05) is 25.2 Å². The summed E-state index contributed by atoms with van der Waals surface area (Å²) in [6.07, 6.45) is 2.58. The summed E-state index contributed by atoms with van der Waals surface area (Å²) in [4.78, 5) is 5.38. The molecule has 2 heteroatoms. The van der Waals surface area contributed by atoms with Crippen LogP contribution in [0.2, 0.25) is 0 Å². The van der Waals surface area contributed by atoms with Crippen LogP contribution >= 0.6 is 0 Å². The average molecular weight is 337 g/mol. The minimum Gasteiger partial charge on any atom is -0.298 e. The highest BCUT2D eigenvalue weighted by molar-refractivity contribution is 5.32. The van der Waals surface area contributed by atoms with Gasteiger partial charge in [0.1, 0.15) is 0 Å². The van der Waals surface area contributed by atoms with Crippen LogP contribution in [0.15, 0.2) is 60.7 Å². The maximum atomic E-state index is 2.71. The topological polar surface area (TPSA) is 6.48 Å². The van der Waals surface area contributed by atoms with Gasteiger partial charge in [-0.05, 0) is 37.9 Å². The molecule has 0 amide bonds. The summed E-state index contributed by atoms with van der Waals surface area (Å²) in [5.74, 6) is 0. The van der Waals surface area contributed by atoms with E-state index in [0.29, 0.717) is 18.1 Å². The lowest BCUT2D eigenvalue weighted by Crippen LogP contribution is -2.57. The van der Waals surface area contributed by atoms with Crippen LogP contribution in [0.25, 0.3) is 0 Å². The molecule has 1 saturated heterocycles. The van der Waals surface area contributed by atoms with Crippen LogP contribution in [0.3, 0.4) is 0 Å². The number of benzene rings is 2. The maximum absolute atomic E-state index is 2.71. The van der Waals surface area contributed by atoms with Crippen molar-refractivity contribution in [1.29, 1.82) is 0 Å². The van der Waals surface area contributed by atoms with Crippen LogP contribution in [0, 0.1) is 0 Å². The van der Waals surface area contributed by atoms with Crippen molar-refractivity contribution >= 4 is 0 Å². The van der Waals surface area contributed by atoms with Gasteiger partial charge in [-0.2, -0.15) is 0 Å². The zero-order chi connectivity index (χ0) is 17.6.